The molecule has 4 fully saturated rings. The molecule has 3 heteroatoms. The summed E-state index contributed by atoms with van der Waals surface area (Å²) in [6, 6.07) is 3.97. The molecule has 1 nitrogen and oxygen atoms in total. The van der Waals surface area contributed by atoms with Crippen LogP contribution < -0.4 is 0 Å². The lowest BCUT2D eigenvalue weighted by atomic mass is 9.42. The Morgan fingerprint density at radius 1 is 0.865 bits per heavy atom. The van der Waals surface area contributed by atoms with Gasteiger partial charge in [-0.15, -0.1) is 0 Å². The van der Waals surface area contributed by atoms with Crippen molar-refractivity contribution >= 4 is 0 Å². The van der Waals surface area contributed by atoms with E-state index in [4.69, 9.17) is 0 Å². The molecule has 0 spiro atoms. The Balaban J connectivity index is 1.32. The standard InChI is InChI=1S/C34H52F2O/c1-21(2)7-6-8-22(3)27-13-14-28-25-11-12-29-26(19-23-9-10-24(35)20-31(23)36)32(37)16-18-34(29,5)30(25)15-17-33(27,28)4/h9-10,20-22,25-30,32,37H,6-8,11-19H2,1-5H3/t22-,25+,26+,27-,28+,29?,30+,32-,33-,34+/m1/s1. The Morgan fingerprint density at radius 3 is 2.30 bits per heavy atom. The Labute approximate surface area is 225 Å². The summed E-state index contributed by atoms with van der Waals surface area (Å²) in [5, 5.41) is 11.1. The molecular weight excluding hydrogens is 462 g/mol. The second-order valence-corrected chi connectivity index (χ2v) is 14.8. The Bertz CT molecular complexity index is 944. The zero-order valence-electron chi connectivity index (χ0n) is 24.1. The molecule has 4 aliphatic rings. The highest BCUT2D eigenvalue weighted by Crippen LogP contribution is 2.69. The monoisotopic (exact) mass is 514 g/mol. The molecular formula is C34H52F2O. The van der Waals surface area contributed by atoms with E-state index in [1.54, 1.807) is 6.07 Å². The van der Waals surface area contributed by atoms with Gasteiger partial charge in [0, 0.05) is 6.07 Å². The van der Waals surface area contributed by atoms with Crippen LogP contribution in [0, 0.1) is 69.8 Å². The van der Waals surface area contributed by atoms with Gasteiger partial charge in [-0.25, -0.2) is 8.78 Å². The van der Waals surface area contributed by atoms with Gasteiger partial charge in [-0.3, -0.25) is 0 Å². The van der Waals surface area contributed by atoms with E-state index in [1.165, 1.54) is 57.4 Å². The van der Waals surface area contributed by atoms with Crippen LogP contribution in [-0.4, -0.2) is 11.2 Å². The van der Waals surface area contributed by atoms with Gasteiger partial charge in [0.15, 0.2) is 0 Å². The maximum Gasteiger partial charge on any atom is 0.129 e. The molecule has 1 unspecified atom stereocenters. The van der Waals surface area contributed by atoms with Crippen molar-refractivity contribution in [1.82, 2.24) is 0 Å². The lowest BCUT2D eigenvalue weighted by molar-refractivity contribution is -0.152. The molecule has 37 heavy (non-hydrogen) atoms. The van der Waals surface area contributed by atoms with Gasteiger partial charge < -0.3 is 5.11 Å². The predicted molar refractivity (Wildman–Crippen MR) is 148 cm³/mol. The number of fused-ring (bicyclic) bond motifs is 5. The summed E-state index contributed by atoms with van der Waals surface area (Å²) in [6.45, 7) is 12.4. The number of halogens is 2. The van der Waals surface area contributed by atoms with E-state index in [0.717, 1.165) is 60.8 Å². The maximum absolute atomic E-state index is 14.6. The molecule has 10 atom stereocenters. The predicted octanol–water partition coefficient (Wildman–Crippen LogP) is 9.22. The van der Waals surface area contributed by atoms with E-state index in [1.807, 2.05) is 0 Å². The topological polar surface area (TPSA) is 20.2 Å². The highest BCUT2D eigenvalue weighted by atomic mass is 19.1. The van der Waals surface area contributed by atoms with Crippen LogP contribution in [0.2, 0.25) is 0 Å². The molecule has 4 saturated carbocycles. The molecule has 1 aromatic carbocycles. The minimum Gasteiger partial charge on any atom is -0.393 e. The minimum absolute atomic E-state index is 0.0743. The largest absolute Gasteiger partial charge is 0.393 e. The van der Waals surface area contributed by atoms with Gasteiger partial charge in [0.25, 0.3) is 0 Å². The van der Waals surface area contributed by atoms with Gasteiger partial charge in [-0.2, -0.15) is 0 Å². The van der Waals surface area contributed by atoms with Gasteiger partial charge in [0.1, 0.15) is 11.6 Å². The SMILES string of the molecule is CC(C)CCC[C@@H](C)[C@H]1CC[C@H]2[C@@H]3CCC4[C@H](Cc5ccc(F)cc5F)[C@H](O)CC[C@]4(C)[C@H]3CC[C@]12C. The van der Waals surface area contributed by atoms with Crippen LogP contribution in [0.5, 0.6) is 0 Å². The van der Waals surface area contributed by atoms with Crippen LogP contribution in [0.3, 0.4) is 0 Å². The highest BCUT2D eigenvalue weighted by molar-refractivity contribution is 5.21. The first-order chi connectivity index (χ1) is 17.5. The zero-order valence-corrected chi connectivity index (χ0v) is 24.1. The highest BCUT2D eigenvalue weighted by Gasteiger charge is 2.61. The van der Waals surface area contributed by atoms with Crippen LogP contribution in [0.15, 0.2) is 18.2 Å². The Morgan fingerprint density at radius 2 is 1.57 bits per heavy atom. The minimum atomic E-state index is -0.523. The summed E-state index contributed by atoms with van der Waals surface area (Å²) in [4.78, 5) is 0. The zero-order chi connectivity index (χ0) is 26.5. The van der Waals surface area contributed by atoms with Gasteiger partial charge in [0.2, 0.25) is 0 Å². The molecule has 0 amide bonds. The average Bonchev–Trinajstić information content (AvgIpc) is 3.19. The van der Waals surface area contributed by atoms with Crippen molar-refractivity contribution in [3.63, 3.8) is 0 Å². The van der Waals surface area contributed by atoms with E-state index in [-0.39, 0.29) is 17.4 Å². The molecule has 208 valence electrons. The van der Waals surface area contributed by atoms with Crippen molar-refractivity contribution in [2.45, 2.75) is 118 Å². The molecule has 1 aromatic rings. The number of hydrogen-bond donors (Lipinski definition) is 1. The van der Waals surface area contributed by atoms with E-state index in [9.17, 15) is 13.9 Å². The number of aliphatic hydroxyl groups excluding tert-OH is 1. The first-order valence-corrected chi connectivity index (χ1v) is 15.7. The van der Waals surface area contributed by atoms with Crippen LogP contribution in [0.1, 0.15) is 111 Å². The molecule has 0 saturated heterocycles. The second-order valence-electron chi connectivity index (χ2n) is 14.8. The van der Waals surface area contributed by atoms with Gasteiger partial charge in [-0.05, 0) is 128 Å². The Hall–Kier alpha value is -0.960. The number of hydrogen-bond acceptors (Lipinski definition) is 1. The number of benzene rings is 1. The second kappa shape index (κ2) is 10.5. The van der Waals surface area contributed by atoms with Crippen molar-refractivity contribution in [2.24, 2.45) is 58.2 Å². The van der Waals surface area contributed by atoms with E-state index >= 15 is 0 Å². The van der Waals surface area contributed by atoms with Crippen LogP contribution >= 0.6 is 0 Å². The van der Waals surface area contributed by atoms with Crippen molar-refractivity contribution < 1.29 is 13.9 Å². The molecule has 0 bridgehead atoms. The van der Waals surface area contributed by atoms with Gasteiger partial charge >= 0.3 is 0 Å². The fraction of sp³-hybridized carbons (Fsp3) is 0.824. The quantitative estimate of drug-likeness (QED) is 0.384. The average molecular weight is 515 g/mol. The molecule has 1 N–H and O–H groups in total. The molecule has 0 radical (unpaired) electrons. The fourth-order valence-electron chi connectivity index (χ4n) is 10.7. The summed E-state index contributed by atoms with van der Waals surface area (Å²) >= 11 is 0. The molecule has 0 heterocycles. The van der Waals surface area contributed by atoms with E-state index in [0.29, 0.717) is 23.3 Å². The lowest BCUT2D eigenvalue weighted by Gasteiger charge is -2.63. The summed E-state index contributed by atoms with van der Waals surface area (Å²) in [5.74, 6) is 4.42. The van der Waals surface area contributed by atoms with E-state index < -0.39 is 11.6 Å². The lowest BCUT2D eigenvalue weighted by Crippen LogP contribution is -2.57. The molecule has 0 aromatic heterocycles. The van der Waals surface area contributed by atoms with Crippen molar-refractivity contribution in [3.8, 4) is 0 Å². The normalized spacial score (nSPS) is 42.2. The number of rotatable bonds is 7. The van der Waals surface area contributed by atoms with Crippen molar-refractivity contribution in [1.29, 1.82) is 0 Å². The molecule has 4 aliphatic carbocycles. The Kier molecular flexibility index (Phi) is 7.87. The first kappa shape index (κ1) is 27.6. The maximum atomic E-state index is 14.6. The van der Waals surface area contributed by atoms with Gasteiger partial charge in [0.05, 0.1) is 6.10 Å². The van der Waals surface area contributed by atoms with Crippen LogP contribution in [-0.2, 0) is 6.42 Å². The van der Waals surface area contributed by atoms with E-state index in [2.05, 4.69) is 34.6 Å². The fourth-order valence-corrected chi connectivity index (χ4v) is 10.7. The molecule has 0 aliphatic heterocycles. The van der Waals surface area contributed by atoms with Crippen LogP contribution in [0.25, 0.3) is 0 Å². The molecule has 5 rings (SSSR count). The summed E-state index contributed by atoms with van der Waals surface area (Å²) < 4.78 is 28.1. The summed E-state index contributed by atoms with van der Waals surface area (Å²) in [7, 11) is 0. The summed E-state index contributed by atoms with van der Waals surface area (Å²) in [5.41, 5.74) is 1.29. The first-order valence-electron chi connectivity index (χ1n) is 15.7. The third-order valence-electron chi connectivity index (χ3n) is 12.6. The summed E-state index contributed by atoms with van der Waals surface area (Å²) in [6.07, 6.45) is 14.1. The van der Waals surface area contributed by atoms with Crippen molar-refractivity contribution in [2.75, 3.05) is 0 Å². The third kappa shape index (κ3) is 4.93. The van der Waals surface area contributed by atoms with Gasteiger partial charge in [-0.1, -0.05) is 59.9 Å². The van der Waals surface area contributed by atoms with Crippen molar-refractivity contribution in [3.05, 3.63) is 35.4 Å². The number of aliphatic hydroxyl groups is 1. The smallest absolute Gasteiger partial charge is 0.129 e. The third-order valence-corrected chi connectivity index (χ3v) is 12.6. The van der Waals surface area contributed by atoms with Crippen LogP contribution in [0.4, 0.5) is 8.78 Å².